The number of carbonyl (C=O) groups excluding carboxylic acids is 1. The highest BCUT2D eigenvalue weighted by molar-refractivity contribution is 6.06. The fourth-order valence-corrected chi connectivity index (χ4v) is 1.40. The van der Waals surface area contributed by atoms with Crippen LogP contribution in [-0.2, 0) is 4.79 Å². The number of nitrogens with zero attached hydrogens (tertiary/aromatic N) is 2. The Morgan fingerprint density at radius 3 is 2.56 bits per heavy atom. The first-order valence-corrected chi connectivity index (χ1v) is 5.00. The summed E-state index contributed by atoms with van der Waals surface area (Å²) < 4.78 is 0. The normalized spacial score (nSPS) is 11.2. The molecule has 0 spiro atoms. The molecule has 0 aliphatic heterocycles. The third-order valence-corrected chi connectivity index (χ3v) is 2.15. The molecule has 0 saturated heterocycles. The van der Waals surface area contributed by atoms with Gasteiger partial charge in [-0.3, -0.25) is 4.79 Å². The standard InChI is InChI=1S/C11H15N3O2/c1-2-14(9-6-4-3-5-7-9)11(15)8-10(12)13-16/h3-7,16H,2,8H2,1H3,(H2,12,13). The van der Waals surface area contributed by atoms with Gasteiger partial charge in [0.05, 0.1) is 6.42 Å². The van der Waals surface area contributed by atoms with Gasteiger partial charge in [-0.2, -0.15) is 0 Å². The van der Waals surface area contributed by atoms with E-state index in [1.54, 1.807) is 4.90 Å². The Morgan fingerprint density at radius 2 is 2.06 bits per heavy atom. The van der Waals surface area contributed by atoms with E-state index < -0.39 is 0 Å². The van der Waals surface area contributed by atoms with Crippen molar-refractivity contribution in [3.63, 3.8) is 0 Å². The second-order valence-electron chi connectivity index (χ2n) is 3.24. The van der Waals surface area contributed by atoms with Crippen LogP contribution in [0.2, 0.25) is 0 Å². The molecule has 1 aromatic carbocycles. The van der Waals surface area contributed by atoms with Crippen LogP contribution in [0.4, 0.5) is 5.69 Å². The zero-order valence-electron chi connectivity index (χ0n) is 9.13. The molecule has 0 aromatic heterocycles. The fourth-order valence-electron chi connectivity index (χ4n) is 1.40. The van der Waals surface area contributed by atoms with Crippen molar-refractivity contribution >= 4 is 17.4 Å². The van der Waals surface area contributed by atoms with Crippen LogP contribution in [0.15, 0.2) is 35.5 Å². The number of benzene rings is 1. The highest BCUT2D eigenvalue weighted by Crippen LogP contribution is 2.13. The molecule has 5 heteroatoms. The Morgan fingerprint density at radius 1 is 1.44 bits per heavy atom. The van der Waals surface area contributed by atoms with Gasteiger partial charge in [-0.25, -0.2) is 0 Å². The van der Waals surface area contributed by atoms with Crippen LogP contribution in [0.3, 0.4) is 0 Å². The van der Waals surface area contributed by atoms with Crippen LogP contribution >= 0.6 is 0 Å². The topological polar surface area (TPSA) is 78.9 Å². The molecule has 1 amide bonds. The Hall–Kier alpha value is -2.04. The Balaban J connectivity index is 2.79. The highest BCUT2D eigenvalue weighted by atomic mass is 16.4. The van der Waals surface area contributed by atoms with Crippen LogP contribution in [0.5, 0.6) is 0 Å². The lowest BCUT2D eigenvalue weighted by atomic mass is 10.2. The van der Waals surface area contributed by atoms with Gasteiger partial charge in [-0.15, -0.1) is 0 Å². The van der Waals surface area contributed by atoms with Gasteiger partial charge in [-0.05, 0) is 19.1 Å². The number of amidine groups is 1. The van der Waals surface area contributed by atoms with E-state index >= 15 is 0 Å². The van der Waals surface area contributed by atoms with Crippen molar-refractivity contribution in [1.29, 1.82) is 0 Å². The van der Waals surface area contributed by atoms with E-state index in [0.717, 1.165) is 5.69 Å². The third-order valence-electron chi connectivity index (χ3n) is 2.15. The quantitative estimate of drug-likeness (QED) is 0.347. The van der Waals surface area contributed by atoms with E-state index in [-0.39, 0.29) is 18.2 Å². The zero-order chi connectivity index (χ0) is 12.0. The number of para-hydroxylation sites is 1. The van der Waals surface area contributed by atoms with Crippen molar-refractivity contribution in [2.75, 3.05) is 11.4 Å². The molecular weight excluding hydrogens is 206 g/mol. The minimum atomic E-state index is -0.191. The lowest BCUT2D eigenvalue weighted by molar-refractivity contribution is -0.117. The minimum absolute atomic E-state index is 0.0839. The second-order valence-corrected chi connectivity index (χ2v) is 3.24. The summed E-state index contributed by atoms with van der Waals surface area (Å²) in [6, 6.07) is 9.27. The van der Waals surface area contributed by atoms with Gasteiger partial charge in [0, 0.05) is 12.2 Å². The molecule has 0 heterocycles. The van der Waals surface area contributed by atoms with Crippen LogP contribution in [0.1, 0.15) is 13.3 Å². The molecule has 0 saturated carbocycles. The predicted octanol–water partition coefficient (Wildman–Crippen LogP) is 1.18. The number of anilines is 1. The molecule has 0 atom stereocenters. The number of hydrogen-bond donors (Lipinski definition) is 2. The van der Waals surface area contributed by atoms with Crippen molar-refractivity contribution in [2.45, 2.75) is 13.3 Å². The number of nitrogens with two attached hydrogens (primary N) is 1. The van der Waals surface area contributed by atoms with Crippen LogP contribution in [0, 0.1) is 0 Å². The number of hydrogen-bond acceptors (Lipinski definition) is 3. The molecule has 3 N–H and O–H groups in total. The van der Waals surface area contributed by atoms with Gasteiger partial charge in [0.1, 0.15) is 5.84 Å². The summed E-state index contributed by atoms with van der Waals surface area (Å²) in [7, 11) is 0. The van der Waals surface area contributed by atoms with Crippen molar-refractivity contribution in [2.24, 2.45) is 10.9 Å². The summed E-state index contributed by atoms with van der Waals surface area (Å²) >= 11 is 0. The highest BCUT2D eigenvalue weighted by Gasteiger charge is 2.14. The lowest BCUT2D eigenvalue weighted by Gasteiger charge is -2.20. The maximum Gasteiger partial charge on any atom is 0.234 e. The predicted molar refractivity (Wildman–Crippen MR) is 62.5 cm³/mol. The van der Waals surface area contributed by atoms with Gasteiger partial charge in [0.2, 0.25) is 5.91 Å². The number of amides is 1. The van der Waals surface area contributed by atoms with Crippen molar-refractivity contribution in [1.82, 2.24) is 0 Å². The summed E-state index contributed by atoms with van der Waals surface area (Å²) in [5.74, 6) is -0.275. The van der Waals surface area contributed by atoms with Crippen molar-refractivity contribution in [3.8, 4) is 0 Å². The van der Waals surface area contributed by atoms with Gasteiger partial charge in [-0.1, -0.05) is 23.4 Å². The molecule has 0 aliphatic carbocycles. The second kappa shape index (κ2) is 5.75. The Labute approximate surface area is 94.2 Å². The minimum Gasteiger partial charge on any atom is -0.409 e. The molecule has 16 heavy (non-hydrogen) atoms. The van der Waals surface area contributed by atoms with E-state index in [1.807, 2.05) is 37.3 Å². The first-order valence-electron chi connectivity index (χ1n) is 5.00. The van der Waals surface area contributed by atoms with E-state index in [1.165, 1.54) is 0 Å². The molecule has 0 aliphatic rings. The molecule has 0 bridgehead atoms. The first kappa shape index (κ1) is 12.0. The average molecular weight is 221 g/mol. The Kier molecular flexibility index (Phi) is 4.32. The summed E-state index contributed by atoms with van der Waals surface area (Å²) in [6.07, 6.45) is -0.0841. The lowest BCUT2D eigenvalue weighted by Crippen LogP contribution is -2.33. The van der Waals surface area contributed by atoms with Gasteiger partial charge in [0.25, 0.3) is 0 Å². The van der Waals surface area contributed by atoms with Gasteiger partial charge < -0.3 is 15.8 Å². The van der Waals surface area contributed by atoms with Crippen molar-refractivity contribution in [3.05, 3.63) is 30.3 Å². The maximum atomic E-state index is 11.8. The average Bonchev–Trinajstić information content (AvgIpc) is 2.31. The van der Waals surface area contributed by atoms with Crippen LogP contribution in [-0.4, -0.2) is 23.5 Å². The molecule has 86 valence electrons. The molecule has 0 radical (unpaired) electrons. The van der Waals surface area contributed by atoms with Crippen LogP contribution in [0.25, 0.3) is 0 Å². The first-order chi connectivity index (χ1) is 7.69. The Bertz CT molecular complexity index is 376. The summed E-state index contributed by atoms with van der Waals surface area (Å²) in [5.41, 5.74) is 6.10. The number of carbonyl (C=O) groups is 1. The van der Waals surface area contributed by atoms with Crippen molar-refractivity contribution < 1.29 is 10.0 Å². The van der Waals surface area contributed by atoms with Crippen LogP contribution < -0.4 is 10.6 Å². The smallest absolute Gasteiger partial charge is 0.234 e. The molecule has 0 fully saturated rings. The van der Waals surface area contributed by atoms with E-state index in [4.69, 9.17) is 10.9 Å². The number of oxime groups is 1. The molecular formula is C11H15N3O2. The molecule has 1 aromatic rings. The summed E-state index contributed by atoms with van der Waals surface area (Å²) in [6.45, 7) is 2.42. The van der Waals surface area contributed by atoms with E-state index in [9.17, 15) is 4.79 Å². The van der Waals surface area contributed by atoms with Gasteiger partial charge in [0.15, 0.2) is 0 Å². The van der Waals surface area contributed by atoms with E-state index in [2.05, 4.69) is 5.16 Å². The summed E-state index contributed by atoms with van der Waals surface area (Å²) in [5, 5.41) is 11.2. The largest absolute Gasteiger partial charge is 0.409 e. The molecule has 0 unspecified atom stereocenters. The van der Waals surface area contributed by atoms with E-state index in [0.29, 0.717) is 6.54 Å². The fraction of sp³-hybridized carbons (Fsp3) is 0.273. The maximum absolute atomic E-state index is 11.8. The summed E-state index contributed by atoms with van der Waals surface area (Å²) in [4.78, 5) is 13.4. The zero-order valence-corrected chi connectivity index (χ0v) is 9.13. The number of rotatable bonds is 4. The third kappa shape index (κ3) is 2.98. The molecule has 5 nitrogen and oxygen atoms in total. The van der Waals surface area contributed by atoms with Gasteiger partial charge >= 0.3 is 0 Å². The SMILES string of the molecule is CCN(C(=O)C/C(N)=N/O)c1ccccc1. The molecule has 1 rings (SSSR count). The monoisotopic (exact) mass is 221 g/mol.